The molecule has 29 heavy (non-hydrogen) atoms. The Labute approximate surface area is 168 Å². The third kappa shape index (κ3) is 5.68. The molecule has 0 fully saturated rings. The second-order valence-electron chi connectivity index (χ2n) is 5.88. The zero-order valence-corrected chi connectivity index (χ0v) is 15.8. The van der Waals surface area contributed by atoms with E-state index in [-0.39, 0.29) is 11.6 Å². The van der Waals surface area contributed by atoms with Gasteiger partial charge in [-0.15, -0.1) is 0 Å². The van der Waals surface area contributed by atoms with Gasteiger partial charge < -0.3 is 20.1 Å². The number of carbonyl (C=O) groups excluding carboxylic acids is 1. The van der Waals surface area contributed by atoms with Crippen molar-refractivity contribution in [3.8, 4) is 17.6 Å². The van der Waals surface area contributed by atoms with Gasteiger partial charge in [0.2, 0.25) is 0 Å². The molecule has 1 heterocycles. The van der Waals surface area contributed by atoms with E-state index in [1.54, 1.807) is 61.7 Å². The Bertz CT molecular complexity index is 998. The molecule has 3 rings (SSSR count). The molecule has 0 radical (unpaired) electrons. The van der Waals surface area contributed by atoms with E-state index in [2.05, 4.69) is 26.7 Å². The highest BCUT2D eigenvalue weighted by Gasteiger charge is 2.08. The molecular formula is C21H19N5O3. The Morgan fingerprint density at radius 2 is 1.79 bits per heavy atom. The number of nitrogens with zero attached hydrogens (tertiary/aromatic N) is 3. The molecule has 0 bridgehead atoms. The quantitative estimate of drug-likeness (QED) is 0.570. The first-order chi connectivity index (χ1) is 14.2. The predicted molar refractivity (Wildman–Crippen MR) is 107 cm³/mol. The van der Waals surface area contributed by atoms with Crippen molar-refractivity contribution in [2.75, 3.05) is 25.6 Å². The van der Waals surface area contributed by atoms with Crippen molar-refractivity contribution in [1.29, 1.82) is 5.26 Å². The SMILES string of the molecule is COc1ccc(OCCNC(=O)c2cc(Nc3ccc(C#N)cc3)ncn2)cc1. The number of methoxy groups -OCH3 is 1. The number of benzene rings is 2. The summed E-state index contributed by atoms with van der Waals surface area (Å²) in [6, 6.07) is 17.7. The lowest BCUT2D eigenvalue weighted by molar-refractivity contribution is 0.0942. The van der Waals surface area contributed by atoms with Gasteiger partial charge in [-0.25, -0.2) is 9.97 Å². The van der Waals surface area contributed by atoms with E-state index < -0.39 is 0 Å². The lowest BCUT2D eigenvalue weighted by atomic mass is 10.2. The third-order valence-electron chi connectivity index (χ3n) is 3.90. The van der Waals surface area contributed by atoms with Crippen LogP contribution in [0.2, 0.25) is 0 Å². The van der Waals surface area contributed by atoms with Crippen LogP contribution in [-0.2, 0) is 0 Å². The minimum atomic E-state index is -0.325. The maximum absolute atomic E-state index is 12.3. The summed E-state index contributed by atoms with van der Waals surface area (Å²) in [5.41, 5.74) is 1.55. The zero-order valence-electron chi connectivity index (χ0n) is 15.8. The average molecular weight is 389 g/mol. The molecule has 146 valence electrons. The Kier molecular flexibility index (Phi) is 6.58. The molecule has 0 aliphatic heterocycles. The molecule has 0 saturated carbocycles. The second-order valence-corrected chi connectivity index (χ2v) is 5.88. The van der Waals surface area contributed by atoms with Crippen LogP contribution in [-0.4, -0.2) is 36.1 Å². The highest BCUT2D eigenvalue weighted by Crippen LogP contribution is 2.17. The first kappa shape index (κ1) is 19.6. The van der Waals surface area contributed by atoms with Gasteiger partial charge in [0.25, 0.3) is 5.91 Å². The number of ether oxygens (including phenoxy) is 2. The number of nitriles is 1. The predicted octanol–water partition coefficient (Wildman–Crippen LogP) is 2.91. The summed E-state index contributed by atoms with van der Waals surface area (Å²) in [5.74, 6) is 1.59. The largest absolute Gasteiger partial charge is 0.497 e. The monoisotopic (exact) mass is 389 g/mol. The summed E-state index contributed by atoms with van der Waals surface area (Å²) in [4.78, 5) is 20.4. The van der Waals surface area contributed by atoms with Crippen LogP contribution in [0.15, 0.2) is 60.9 Å². The van der Waals surface area contributed by atoms with E-state index >= 15 is 0 Å². The number of hydrogen-bond donors (Lipinski definition) is 2. The molecule has 2 N–H and O–H groups in total. The summed E-state index contributed by atoms with van der Waals surface area (Å²) in [6.07, 6.45) is 1.31. The van der Waals surface area contributed by atoms with Gasteiger partial charge in [0, 0.05) is 11.8 Å². The normalized spacial score (nSPS) is 9.93. The Balaban J connectivity index is 1.50. The smallest absolute Gasteiger partial charge is 0.270 e. The van der Waals surface area contributed by atoms with Crippen LogP contribution in [0.4, 0.5) is 11.5 Å². The summed E-state index contributed by atoms with van der Waals surface area (Å²) < 4.78 is 10.7. The molecule has 3 aromatic rings. The van der Waals surface area contributed by atoms with Gasteiger partial charge in [-0.05, 0) is 48.5 Å². The fourth-order valence-corrected chi connectivity index (χ4v) is 2.42. The zero-order chi connectivity index (χ0) is 20.5. The van der Waals surface area contributed by atoms with Gasteiger partial charge in [-0.2, -0.15) is 5.26 Å². The van der Waals surface area contributed by atoms with Crippen LogP contribution in [0.25, 0.3) is 0 Å². The molecule has 2 aromatic carbocycles. The Morgan fingerprint density at radius 3 is 2.48 bits per heavy atom. The molecule has 1 aromatic heterocycles. The van der Waals surface area contributed by atoms with Gasteiger partial charge in [0.05, 0.1) is 25.3 Å². The Morgan fingerprint density at radius 1 is 1.07 bits per heavy atom. The van der Waals surface area contributed by atoms with Crippen molar-refractivity contribution in [2.45, 2.75) is 0 Å². The highest BCUT2D eigenvalue weighted by molar-refractivity contribution is 5.92. The van der Waals surface area contributed by atoms with E-state index in [0.717, 1.165) is 11.4 Å². The van der Waals surface area contributed by atoms with Gasteiger partial charge in [0.1, 0.15) is 35.9 Å². The van der Waals surface area contributed by atoms with Crippen LogP contribution in [0.1, 0.15) is 16.1 Å². The standard InChI is InChI=1S/C21H19N5O3/c1-28-17-6-8-18(9-7-17)29-11-10-23-21(27)19-12-20(25-14-24-19)26-16-4-2-15(13-22)3-5-16/h2-9,12,14H,10-11H2,1H3,(H,23,27)(H,24,25,26). The van der Waals surface area contributed by atoms with Crippen molar-refractivity contribution in [2.24, 2.45) is 0 Å². The summed E-state index contributed by atoms with van der Waals surface area (Å²) in [7, 11) is 1.60. The lowest BCUT2D eigenvalue weighted by Gasteiger charge is -2.09. The van der Waals surface area contributed by atoms with E-state index in [9.17, 15) is 4.79 Å². The van der Waals surface area contributed by atoms with E-state index in [1.807, 2.05) is 0 Å². The number of nitrogens with one attached hydrogen (secondary N) is 2. The molecule has 0 aliphatic rings. The van der Waals surface area contributed by atoms with Crippen molar-refractivity contribution in [3.05, 3.63) is 72.2 Å². The van der Waals surface area contributed by atoms with Gasteiger partial charge >= 0.3 is 0 Å². The van der Waals surface area contributed by atoms with Crippen LogP contribution in [0.5, 0.6) is 11.5 Å². The number of aromatic nitrogens is 2. The molecule has 0 atom stereocenters. The van der Waals surface area contributed by atoms with Crippen molar-refractivity contribution in [3.63, 3.8) is 0 Å². The van der Waals surface area contributed by atoms with E-state index in [4.69, 9.17) is 14.7 Å². The summed E-state index contributed by atoms with van der Waals surface area (Å²) in [5, 5.41) is 14.7. The van der Waals surface area contributed by atoms with Gasteiger partial charge in [-0.3, -0.25) is 4.79 Å². The van der Waals surface area contributed by atoms with Crippen molar-refractivity contribution >= 4 is 17.4 Å². The van der Waals surface area contributed by atoms with Gasteiger partial charge in [0.15, 0.2) is 0 Å². The van der Waals surface area contributed by atoms with Crippen LogP contribution >= 0.6 is 0 Å². The van der Waals surface area contributed by atoms with Crippen LogP contribution in [0.3, 0.4) is 0 Å². The minimum Gasteiger partial charge on any atom is -0.497 e. The molecule has 0 aliphatic carbocycles. The highest BCUT2D eigenvalue weighted by atomic mass is 16.5. The van der Waals surface area contributed by atoms with E-state index in [1.165, 1.54) is 6.33 Å². The summed E-state index contributed by atoms with van der Waals surface area (Å²) >= 11 is 0. The fraction of sp³-hybridized carbons (Fsp3) is 0.143. The number of rotatable bonds is 8. The molecule has 0 unspecified atom stereocenters. The first-order valence-electron chi connectivity index (χ1n) is 8.82. The number of amides is 1. The molecule has 1 amide bonds. The minimum absolute atomic E-state index is 0.237. The topological polar surface area (TPSA) is 109 Å². The van der Waals surface area contributed by atoms with Gasteiger partial charge in [-0.1, -0.05) is 0 Å². The molecule has 0 spiro atoms. The maximum atomic E-state index is 12.3. The lowest BCUT2D eigenvalue weighted by Crippen LogP contribution is -2.28. The maximum Gasteiger partial charge on any atom is 0.270 e. The average Bonchev–Trinajstić information content (AvgIpc) is 2.77. The molecule has 0 saturated heterocycles. The Hall–Kier alpha value is -4.12. The number of carbonyl (C=O) groups is 1. The fourth-order valence-electron chi connectivity index (χ4n) is 2.42. The summed E-state index contributed by atoms with van der Waals surface area (Å²) in [6.45, 7) is 0.646. The van der Waals surface area contributed by atoms with Crippen molar-refractivity contribution in [1.82, 2.24) is 15.3 Å². The van der Waals surface area contributed by atoms with Crippen LogP contribution < -0.4 is 20.1 Å². The molecular weight excluding hydrogens is 370 g/mol. The van der Waals surface area contributed by atoms with E-state index in [0.29, 0.717) is 30.3 Å². The number of anilines is 2. The first-order valence-corrected chi connectivity index (χ1v) is 8.82. The third-order valence-corrected chi connectivity index (χ3v) is 3.90. The second kappa shape index (κ2) is 9.71. The molecule has 8 heteroatoms. The number of hydrogen-bond acceptors (Lipinski definition) is 7. The van der Waals surface area contributed by atoms with Crippen LogP contribution in [0, 0.1) is 11.3 Å². The van der Waals surface area contributed by atoms with Crippen molar-refractivity contribution < 1.29 is 14.3 Å². The molecule has 8 nitrogen and oxygen atoms in total.